The lowest BCUT2D eigenvalue weighted by Gasteiger charge is -2.34. The van der Waals surface area contributed by atoms with Crippen molar-refractivity contribution in [2.24, 2.45) is 0 Å². The van der Waals surface area contributed by atoms with Gasteiger partial charge >= 0.3 is 0 Å². The van der Waals surface area contributed by atoms with E-state index in [9.17, 15) is 4.79 Å². The number of hydrogen-bond donors (Lipinski definition) is 0. The maximum Gasteiger partial charge on any atom is 0.176 e. The summed E-state index contributed by atoms with van der Waals surface area (Å²) in [5.41, 5.74) is 0.769. The van der Waals surface area contributed by atoms with E-state index in [1.807, 2.05) is 24.3 Å². The SMILES string of the molecule is CCC1COCCN1CC(=O)c1cccc(Br)c1. The van der Waals surface area contributed by atoms with Gasteiger partial charge in [0.05, 0.1) is 19.8 Å². The van der Waals surface area contributed by atoms with Crippen molar-refractivity contribution in [1.29, 1.82) is 0 Å². The highest BCUT2D eigenvalue weighted by molar-refractivity contribution is 9.10. The van der Waals surface area contributed by atoms with E-state index in [-0.39, 0.29) is 5.78 Å². The molecule has 1 aliphatic heterocycles. The number of nitrogens with zero attached hydrogens (tertiary/aromatic N) is 1. The van der Waals surface area contributed by atoms with Gasteiger partial charge in [-0.25, -0.2) is 0 Å². The van der Waals surface area contributed by atoms with Crippen LogP contribution >= 0.6 is 15.9 Å². The van der Waals surface area contributed by atoms with Crippen molar-refractivity contribution < 1.29 is 9.53 Å². The van der Waals surface area contributed by atoms with E-state index in [0.29, 0.717) is 12.6 Å². The third-order valence-electron chi connectivity index (χ3n) is 3.31. The van der Waals surface area contributed by atoms with Crippen LogP contribution in [0.5, 0.6) is 0 Å². The zero-order chi connectivity index (χ0) is 13.0. The van der Waals surface area contributed by atoms with E-state index >= 15 is 0 Å². The predicted octanol–water partition coefficient (Wildman–Crippen LogP) is 2.74. The van der Waals surface area contributed by atoms with Gasteiger partial charge in [-0.3, -0.25) is 9.69 Å². The van der Waals surface area contributed by atoms with Gasteiger partial charge in [0.25, 0.3) is 0 Å². The zero-order valence-electron chi connectivity index (χ0n) is 10.6. The molecule has 98 valence electrons. The van der Waals surface area contributed by atoms with Gasteiger partial charge in [-0.2, -0.15) is 0 Å². The Hall–Kier alpha value is -0.710. The normalized spacial score (nSPS) is 20.9. The molecule has 1 fully saturated rings. The van der Waals surface area contributed by atoms with Crippen LogP contribution in [0.15, 0.2) is 28.7 Å². The summed E-state index contributed by atoms with van der Waals surface area (Å²) in [6.45, 7) is 4.93. The molecule has 18 heavy (non-hydrogen) atoms. The first-order chi connectivity index (χ1) is 8.70. The van der Waals surface area contributed by atoms with Gasteiger partial charge in [-0.05, 0) is 18.6 Å². The minimum absolute atomic E-state index is 0.177. The molecular formula is C14H18BrNO2. The van der Waals surface area contributed by atoms with Gasteiger partial charge in [0.2, 0.25) is 0 Å². The number of Topliss-reactive ketones (excluding diaryl/α,β-unsaturated/α-hetero) is 1. The van der Waals surface area contributed by atoms with Crippen LogP contribution in [0.3, 0.4) is 0 Å². The molecule has 0 saturated carbocycles. The number of halogens is 1. The Kier molecular flexibility index (Phi) is 4.92. The van der Waals surface area contributed by atoms with Crippen LogP contribution in [0.2, 0.25) is 0 Å². The second-order valence-electron chi connectivity index (χ2n) is 4.54. The summed E-state index contributed by atoms with van der Waals surface area (Å²) in [6, 6.07) is 7.95. The number of carbonyl (C=O) groups excluding carboxylic acids is 1. The molecule has 0 radical (unpaired) electrons. The van der Waals surface area contributed by atoms with E-state index < -0.39 is 0 Å². The Morgan fingerprint density at radius 1 is 1.56 bits per heavy atom. The second-order valence-corrected chi connectivity index (χ2v) is 5.46. The maximum atomic E-state index is 12.2. The average molecular weight is 312 g/mol. The third kappa shape index (κ3) is 3.40. The fraction of sp³-hybridized carbons (Fsp3) is 0.500. The van der Waals surface area contributed by atoms with Crippen molar-refractivity contribution in [1.82, 2.24) is 4.90 Å². The van der Waals surface area contributed by atoms with Crippen molar-refractivity contribution in [3.63, 3.8) is 0 Å². The molecule has 1 heterocycles. The highest BCUT2D eigenvalue weighted by Crippen LogP contribution is 2.15. The van der Waals surface area contributed by atoms with E-state index in [2.05, 4.69) is 27.8 Å². The highest BCUT2D eigenvalue weighted by atomic mass is 79.9. The van der Waals surface area contributed by atoms with Crippen molar-refractivity contribution in [2.75, 3.05) is 26.3 Å². The molecule has 0 N–H and O–H groups in total. The smallest absolute Gasteiger partial charge is 0.176 e. The minimum Gasteiger partial charge on any atom is -0.378 e. The van der Waals surface area contributed by atoms with Crippen LogP contribution < -0.4 is 0 Å². The fourth-order valence-electron chi connectivity index (χ4n) is 2.21. The first-order valence-corrected chi connectivity index (χ1v) is 7.10. The van der Waals surface area contributed by atoms with Crippen LogP contribution in [0.25, 0.3) is 0 Å². The predicted molar refractivity (Wildman–Crippen MR) is 74.9 cm³/mol. The number of ketones is 1. The van der Waals surface area contributed by atoms with Crippen LogP contribution in [-0.2, 0) is 4.74 Å². The van der Waals surface area contributed by atoms with Crippen molar-refractivity contribution in [2.45, 2.75) is 19.4 Å². The van der Waals surface area contributed by atoms with Gasteiger partial charge in [0, 0.05) is 22.6 Å². The summed E-state index contributed by atoms with van der Waals surface area (Å²) in [6.07, 6.45) is 1.02. The van der Waals surface area contributed by atoms with Gasteiger partial charge in [-0.15, -0.1) is 0 Å². The van der Waals surface area contributed by atoms with E-state index in [4.69, 9.17) is 4.74 Å². The number of morpholine rings is 1. The van der Waals surface area contributed by atoms with Crippen LogP contribution in [0.1, 0.15) is 23.7 Å². The molecule has 1 aromatic rings. The molecule has 2 rings (SSSR count). The molecule has 0 amide bonds. The van der Waals surface area contributed by atoms with E-state index in [1.165, 1.54) is 0 Å². The summed E-state index contributed by atoms with van der Waals surface area (Å²) >= 11 is 3.40. The first kappa shape index (κ1) is 13.7. The van der Waals surface area contributed by atoms with Gasteiger partial charge < -0.3 is 4.74 Å². The topological polar surface area (TPSA) is 29.5 Å². The molecular weight excluding hydrogens is 294 g/mol. The lowest BCUT2D eigenvalue weighted by atomic mass is 10.1. The number of hydrogen-bond acceptors (Lipinski definition) is 3. The Morgan fingerprint density at radius 3 is 3.11 bits per heavy atom. The Balaban J connectivity index is 2.02. The second kappa shape index (κ2) is 6.45. The zero-order valence-corrected chi connectivity index (χ0v) is 12.1. The average Bonchev–Trinajstić information content (AvgIpc) is 2.39. The lowest BCUT2D eigenvalue weighted by Crippen LogP contribution is -2.47. The summed E-state index contributed by atoms with van der Waals surface area (Å²) < 4.78 is 6.40. The first-order valence-electron chi connectivity index (χ1n) is 6.31. The molecule has 0 spiro atoms. The highest BCUT2D eigenvalue weighted by Gasteiger charge is 2.23. The van der Waals surface area contributed by atoms with Crippen molar-refractivity contribution in [3.05, 3.63) is 34.3 Å². The molecule has 1 aliphatic rings. The molecule has 1 saturated heterocycles. The van der Waals surface area contributed by atoms with Crippen LogP contribution in [0, 0.1) is 0 Å². The largest absolute Gasteiger partial charge is 0.378 e. The Bertz CT molecular complexity index is 422. The quantitative estimate of drug-likeness (QED) is 0.801. The standard InChI is InChI=1S/C14H18BrNO2/c1-2-13-10-18-7-6-16(13)9-14(17)11-4-3-5-12(15)8-11/h3-5,8,13H,2,6-7,9-10H2,1H3. The molecule has 0 aromatic heterocycles. The molecule has 0 aliphatic carbocycles. The Morgan fingerprint density at radius 2 is 2.39 bits per heavy atom. The molecule has 4 heteroatoms. The van der Waals surface area contributed by atoms with Crippen molar-refractivity contribution >= 4 is 21.7 Å². The summed E-state index contributed by atoms with van der Waals surface area (Å²) in [7, 11) is 0. The van der Waals surface area contributed by atoms with Crippen molar-refractivity contribution in [3.8, 4) is 0 Å². The molecule has 1 atom stereocenters. The summed E-state index contributed by atoms with van der Waals surface area (Å²) in [5, 5.41) is 0. The van der Waals surface area contributed by atoms with Crippen LogP contribution in [-0.4, -0.2) is 43.0 Å². The molecule has 0 bridgehead atoms. The number of carbonyl (C=O) groups is 1. The number of ether oxygens (including phenoxy) is 1. The van der Waals surface area contributed by atoms with Gasteiger partial charge in [-0.1, -0.05) is 35.0 Å². The fourth-order valence-corrected chi connectivity index (χ4v) is 2.61. The molecule has 1 unspecified atom stereocenters. The molecule has 1 aromatic carbocycles. The van der Waals surface area contributed by atoms with E-state index in [1.54, 1.807) is 0 Å². The number of rotatable bonds is 4. The molecule has 3 nitrogen and oxygen atoms in total. The summed E-state index contributed by atoms with van der Waals surface area (Å²) in [5.74, 6) is 0.177. The van der Waals surface area contributed by atoms with Gasteiger partial charge in [0.15, 0.2) is 5.78 Å². The maximum absolute atomic E-state index is 12.2. The number of benzene rings is 1. The Labute approximate surface area is 116 Å². The van der Waals surface area contributed by atoms with Crippen LogP contribution in [0.4, 0.5) is 0 Å². The van der Waals surface area contributed by atoms with E-state index in [0.717, 1.165) is 36.2 Å². The monoisotopic (exact) mass is 311 g/mol. The third-order valence-corrected chi connectivity index (χ3v) is 3.81. The van der Waals surface area contributed by atoms with Gasteiger partial charge in [0.1, 0.15) is 0 Å². The lowest BCUT2D eigenvalue weighted by molar-refractivity contribution is -0.00585. The minimum atomic E-state index is 0.177. The summed E-state index contributed by atoms with van der Waals surface area (Å²) in [4.78, 5) is 14.5.